The number of aliphatic carboxylic acids is 1. The van der Waals surface area contributed by atoms with Gasteiger partial charge in [0.2, 0.25) is 5.91 Å². The fourth-order valence-electron chi connectivity index (χ4n) is 2.04. The number of carboxylic acids is 1. The molecule has 1 aliphatic heterocycles. The van der Waals surface area contributed by atoms with E-state index in [1.54, 1.807) is 4.90 Å². The zero-order valence-corrected chi connectivity index (χ0v) is 10.4. The number of nitrogens with zero attached hydrogens (tertiary/aromatic N) is 1. The molecule has 1 N–H and O–H groups in total. The van der Waals surface area contributed by atoms with Crippen LogP contribution in [0.25, 0.3) is 0 Å². The van der Waals surface area contributed by atoms with Crippen LogP contribution in [0.15, 0.2) is 0 Å². The summed E-state index contributed by atoms with van der Waals surface area (Å²) in [5, 5.41) is 8.68. The van der Waals surface area contributed by atoms with E-state index in [2.05, 4.69) is 0 Å². The first-order chi connectivity index (χ1) is 8.13. The molecule has 5 heteroatoms. The highest BCUT2D eigenvalue weighted by Crippen LogP contribution is 2.20. The van der Waals surface area contributed by atoms with Crippen molar-refractivity contribution in [3.63, 3.8) is 0 Å². The third kappa shape index (κ3) is 5.17. The molecule has 0 aromatic rings. The number of carbonyl (C=O) groups excluding carboxylic acids is 1. The predicted molar refractivity (Wildman–Crippen MR) is 62.7 cm³/mol. The van der Waals surface area contributed by atoms with Gasteiger partial charge in [-0.25, -0.2) is 0 Å². The minimum atomic E-state index is -0.782. The second kappa shape index (κ2) is 7.27. The van der Waals surface area contributed by atoms with Crippen LogP contribution in [-0.2, 0) is 14.3 Å². The number of likely N-dealkylation sites (tertiary alicyclic amines) is 1. The van der Waals surface area contributed by atoms with E-state index in [0.717, 1.165) is 12.8 Å². The van der Waals surface area contributed by atoms with Gasteiger partial charge in [-0.1, -0.05) is 6.92 Å². The van der Waals surface area contributed by atoms with Gasteiger partial charge in [-0.3, -0.25) is 9.59 Å². The summed E-state index contributed by atoms with van der Waals surface area (Å²) in [7, 11) is 0. The molecular weight excluding hydrogens is 222 g/mol. The third-order valence-corrected chi connectivity index (χ3v) is 2.91. The fraction of sp³-hybridized carbons (Fsp3) is 0.833. The van der Waals surface area contributed by atoms with Crippen molar-refractivity contribution >= 4 is 11.9 Å². The molecule has 0 radical (unpaired) electrons. The van der Waals surface area contributed by atoms with Crippen molar-refractivity contribution in [1.29, 1.82) is 0 Å². The molecule has 0 aliphatic carbocycles. The summed E-state index contributed by atoms with van der Waals surface area (Å²) in [4.78, 5) is 24.0. The Hall–Kier alpha value is -1.10. The van der Waals surface area contributed by atoms with Gasteiger partial charge in [0.1, 0.15) is 0 Å². The normalized spacial score (nSPS) is 19.6. The first-order valence-electron chi connectivity index (χ1n) is 6.20. The maximum absolute atomic E-state index is 11.7. The van der Waals surface area contributed by atoms with Crippen LogP contribution >= 0.6 is 0 Å². The van der Waals surface area contributed by atoms with E-state index in [-0.39, 0.29) is 18.2 Å². The fourth-order valence-corrected chi connectivity index (χ4v) is 2.04. The van der Waals surface area contributed by atoms with Crippen molar-refractivity contribution in [2.45, 2.75) is 32.6 Å². The lowest BCUT2D eigenvalue weighted by Gasteiger charge is -2.16. The average Bonchev–Trinajstić information content (AvgIpc) is 2.71. The van der Waals surface area contributed by atoms with Crippen molar-refractivity contribution in [2.75, 3.05) is 26.3 Å². The highest BCUT2D eigenvalue weighted by Gasteiger charge is 2.27. The molecule has 1 rings (SSSR count). The van der Waals surface area contributed by atoms with Gasteiger partial charge in [-0.2, -0.15) is 0 Å². The number of amides is 1. The maximum atomic E-state index is 11.7. The van der Waals surface area contributed by atoms with Gasteiger partial charge < -0.3 is 14.7 Å². The molecule has 0 spiro atoms. The Morgan fingerprint density at radius 2 is 2.18 bits per heavy atom. The number of carboxylic acid groups (broad SMARTS) is 1. The second-order valence-corrected chi connectivity index (χ2v) is 4.45. The Balaban J connectivity index is 2.18. The number of hydrogen-bond acceptors (Lipinski definition) is 3. The van der Waals surface area contributed by atoms with E-state index in [1.165, 1.54) is 0 Å². The van der Waals surface area contributed by atoms with Crippen LogP contribution < -0.4 is 0 Å². The topological polar surface area (TPSA) is 66.8 Å². The Labute approximate surface area is 102 Å². The van der Waals surface area contributed by atoms with Crippen LogP contribution in [0.3, 0.4) is 0 Å². The minimum absolute atomic E-state index is 0.0778. The molecule has 1 aliphatic rings. The van der Waals surface area contributed by atoms with Crippen LogP contribution in [0.2, 0.25) is 0 Å². The Morgan fingerprint density at radius 3 is 2.82 bits per heavy atom. The van der Waals surface area contributed by atoms with E-state index in [9.17, 15) is 9.59 Å². The monoisotopic (exact) mass is 243 g/mol. The molecule has 1 amide bonds. The SMILES string of the molecule is CCCOCCC(=O)N1CCC(CC(=O)O)C1. The lowest BCUT2D eigenvalue weighted by molar-refractivity contribution is -0.138. The van der Waals surface area contributed by atoms with Crippen molar-refractivity contribution in [2.24, 2.45) is 5.92 Å². The highest BCUT2D eigenvalue weighted by molar-refractivity contribution is 5.76. The van der Waals surface area contributed by atoms with Crippen LogP contribution in [0.5, 0.6) is 0 Å². The third-order valence-electron chi connectivity index (χ3n) is 2.91. The van der Waals surface area contributed by atoms with E-state index in [1.807, 2.05) is 6.92 Å². The van der Waals surface area contributed by atoms with Gasteiger partial charge in [0.15, 0.2) is 0 Å². The van der Waals surface area contributed by atoms with E-state index >= 15 is 0 Å². The zero-order valence-electron chi connectivity index (χ0n) is 10.4. The molecule has 1 fully saturated rings. The first kappa shape index (κ1) is 14.0. The number of hydrogen-bond donors (Lipinski definition) is 1. The lowest BCUT2D eigenvalue weighted by Crippen LogP contribution is -2.29. The summed E-state index contributed by atoms with van der Waals surface area (Å²) in [5.74, 6) is -0.586. The number of carbonyl (C=O) groups is 2. The van der Waals surface area contributed by atoms with E-state index < -0.39 is 5.97 Å². The Morgan fingerprint density at radius 1 is 1.41 bits per heavy atom. The van der Waals surface area contributed by atoms with Gasteiger partial charge in [0.25, 0.3) is 0 Å². The maximum Gasteiger partial charge on any atom is 0.303 e. The van der Waals surface area contributed by atoms with Gasteiger partial charge in [0, 0.05) is 26.1 Å². The van der Waals surface area contributed by atoms with Crippen LogP contribution in [0, 0.1) is 5.92 Å². The van der Waals surface area contributed by atoms with Crippen LogP contribution in [0.4, 0.5) is 0 Å². The summed E-state index contributed by atoms with van der Waals surface area (Å²) < 4.78 is 5.26. The molecule has 1 saturated heterocycles. The molecule has 17 heavy (non-hydrogen) atoms. The van der Waals surface area contributed by atoms with Crippen molar-refractivity contribution in [3.8, 4) is 0 Å². The summed E-state index contributed by atoms with van der Waals surface area (Å²) in [6, 6.07) is 0. The predicted octanol–water partition coefficient (Wildman–Crippen LogP) is 1.13. The van der Waals surface area contributed by atoms with Gasteiger partial charge in [-0.15, -0.1) is 0 Å². The first-order valence-corrected chi connectivity index (χ1v) is 6.20. The van der Waals surface area contributed by atoms with Gasteiger partial charge in [-0.05, 0) is 18.8 Å². The molecule has 0 aromatic heterocycles. The van der Waals surface area contributed by atoms with Gasteiger partial charge >= 0.3 is 5.97 Å². The van der Waals surface area contributed by atoms with Gasteiger partial charge in [0.05, 0.1) is 13.0 Å². The van der Waals surface area contributed by atoms with Crippen LogP contribution in [-0.4, -0.2) is 48.2 Å². The van der Waals surface area contributed by atoms with E-state index in [4.69, 9.17) is 9.84 Å². The smallest absolute Gasteiger partial charge is 0.303 e. The molecule has 98 valence electrons. The van der Waals surface area contributed by atoms with Crippen molar-refractivity contribution < 1.29 is 19.4 Å². The summed E-state index contributed by atoms with van der Waals surface area (Å²) in [5.41, 5.74) is 0. The zero-order chi connectivity index (χ0) is 12.7. The highest BCUT2D eigenvalue weighted by atomic mass is 16.5. The molecular formula is C12H21NO4. The van der Waals surface area contributed by atoms with Crippen molar-refractivity contribution in [3.05, 3.63) is 0 Å². The quantitative estimate of drug-likeness (QED) is 0.681. The summed E-state index contributed by atoms with van der Waals surface area (Å²) in [6.07, 6.45) is 2.32. The number of ether oxygens (including phenoxy) is 1. The van der Waals surface area contributed by atoms with Crippen molar-refractivity contribution in [1.82, 2.24) is 4.90 Å². The Kier molecular flexibility index (Phi) is 5.97. The summed E-state index contributed by atoms with van der Waals surface area (Å²) in [6.45, 7) is 4.45. The summed E-state index contributed by atoms with van der Waals surface area (Å²) >= 11 is 0. The molecule has 0 saturated carbocycles. The minimum Gasteiger partial charge on any atom is -0.481 e. The number of rotatable bonds is 7. The average molecular weight is 243 g/mol. The molecule has 0 bridgehead atoms. The van der Waals surface area contributed by atoms with Crippen LogP contribution in [0.1, 0.15) is 32.6 Å². The lowest BCUT2D eigenvalue weighted by atomic mass is 10.1. The van der Waals surface area contributed by atoms with E-state index in [0.29, 0.717) is 32.7 Å². The molecule has 1 heterocycles. The second-order valence-electron chi connectivity index (χ2n) is 4.45. The molecule has 5 nitrogen and oxygen atoms in total. The molecule has 1 unspecified atom stereocenters. The molecule has 1 atom stereocenters. The Bertz CT molecular complexity index is 267. The standard InChI is InChI=1S/C12H21NO4/c1-2-6-17-7-4-11(14)13-5-3-10(9-13)8-12(15)16/h10H,2-9H2,1H3,(H,15,16). The largest absolute Gasteiger partial charge is 0.481 e. The molecule has 0 aromatic carbocycles.